The van der Waals surface area contributed by atoms with Crippen LogP contribution in [0.3, 0.4) is 0 Å². The number of aromatic nitrogens is 1. The van der Waals surface area contributed by atoms with Crippen molar-refractivity contribution >= 4 is 41.4 Å². The molecule has 9 heteroatoms. The van der Waals surface area contributed by atoms with Gasteiger partial charge in [0.25, 0.3) is 0 Å². The van der Waals surface area contributed by atoms with Crippen molar-refractivity contribution < 1.29 is 14.2 Å². The Morgan fingerprint density at radius 3 is 2.73 bits per heavy atom. The van der Waals surface area contributed by atoms with Gasteiger partial charge in [-0.2, -0.15) is 0 Å². The summed E-state index contributed by atoms with van der Waals surface area (Å²) in [6, 6.07) is 9.74. The quantitative estimate of drug-likeness (QED) is 0.326. The summed E-state index contributed by atoms with van der Waals surface area (Å²) in [5, 5.41) is 6.65. The van der Waals surface area contributed by atoms with Gasteiger partial charge in [-0.3, -0.25) is 4.99 Å². The Morgan fingerprint density at radius 1 is 1.23 bits per heavy atom. The van der Waals surface area contributed by atoms with Crippen LogP contribution in [0.4, 0.5) is 11.5 Å². The van der Waals surface area contributed by atoms with Gasteiger partial charge in [-0.25, -0.2) is 4.98 Å². The maximum atomic E-state index is 5.57. The lowest BCUT2D eigenvalue weighted by Crippen LogP contribution is -2.38. The lowest BCUT2D eigenvalue weighted by atomic mass is 10.2. The fourth-order valence-corrected chi connectivity index (χ4v) is 3.14. The van der Waals surface area contributed by atoms with Crippen molar-refractivity contribution in [2.45, 2.75) is 13.5 Å². The van der Waals surface area contributed by atoms with E-state index in [1.165, 1.54) is 0 Å². The van der Waals surface area contributed by atoms with Gasteiger partial charge in [0.1, 0.15) is 5.82 Å². The minimum atomic E-state index is 0. The molecule has 1 aliphatic rings. The number of rotatable bonds is 7. The molecule has 8 nitrogen and oxygen atoms in total. The molecule has 1 fully saturated rings. The van der Waals surface area contributed by atoms with Crippen LogP contribution in [-0.2, 0) is 11.3 Å². The minimum Gasteiger partial charge on any atom is -0.493 e. The average molecular weight is 527 g/mol. The number of hydrogen-bond donors (Lipinski definition) is 2. The highest BCUT2D eigenvalue weighted by atomic mass is 127. The predicted molar refractivity (Wildman–Crippen MR) is 131 cm³/mol. The molecule has 164 valence electrons. The summed E-state index contributed by atoms with van der Waals surface area (Å²) < 4.78 is 16.4. The highest BCUT2D eigenvalue weighted by Crippen LogP contribution is 2.30. The summed E-state index contributed by atoms with van der Waals surface area (Å²) in [7, 11) is 3.37. The summed E-state index contributed by atoms with van der Waals surface area (Å²) >= 11 is 0. The molecule has 0 radical (unpaired) electrons. The van der Waals surface area contributed by atoms with E-state index in [-0.39, 0.29) is 24.0 Å². The first-order chi connectivity index (χ1) is 14.2. The Morgan fingerprint density at radius 2 is 2.03 bits per heavy atom. The van der Waals surface area contributed by atoms with Crippen molar-refractivity contribution in [3.05, 3.63) is 42.1 Å². The number of pyridine rings is 1. The molecule has 0 spiro atoms. The molecule has 2 N–H and O–H groups in total. The van der Waals surface area contributed by atoms with Crippen LogP contribution in [-0.4, -0.2) is 58.0 Å². The SMILES string of the molecule is CCOc1ccc(NC(=NC)NCc2cccnc2N2CCOCC2)cc1OC.I. The second kappa shape index (κ2) is 12.4. The van der Waals surface area contributed by atoms with E-state index < -0.39 is 0 Å². The fourth-order valence-electron chi connectivity index (χ4n) is 3.14. The number of methoxy groups -OCH3 is 1. The molecular formula is C21H30IN5O3. The van der Waals surface area contributed by atoms with Crippen molar-refractivity contribution in [2.75, 3.05) is 57.3 Å². The Kier molecular flexibility index (Phi) is 9.95. The zero-order valence-corrected chi connectivity index (χ0v) is 20.0. The van der Waals surface area contributed by atoms with E-state index in [4.69, 9.17) is 14.2 Å². The smallest absolute Gasteiger partial charge is 0.195 e. The Hall–Kier alpha value is -2.27. The zero-order valence-electron chi connectivity index (χ0n) is 17.7. The number of benzene rings is 1. The summed E-state index contributed by atoms with van der Waals surface area (Å²) in [5.74, 6) is 3.04. The first-order valence-electron chi connectivity index (χ1n) is 9.80. The molecule has 0 atom stereocenters. The van der Waals surface area contributed by atoms with Crippen LogP contribution in [0.1, 0.15) is 12.5 Å². The Balaban J connectivity index is 0.00000320. The van der Waals surface area contributed by atoms with Gasteiger partial charge in [0.05, 0.1) is 26.9 Å². The van der Waals surface area contributed by atoms with Gasteiger partial charge in [-0.1, -0.05) is 6.07 Å². The van der Waals surface area contributed by atoms with E-state index in [1.54, 1.807) is 14.2 Å². The largest absolute Gasteiger partial charge is 0.493 e. The summed E-state index contributed by atoms with van der Waals surface area (Å²) in [4.78, 5) is 11.2. The second-order valence-corrected chi connectivity index (χ2v) is 6.43. The first kappa shape index (κ1) is 24.0. The lowest BCUT2D eigenvalue weighted by molar-refractivity contribution is 0.122. The molecule has 1 aliphatic heterocycles. The molecule has 1 aromatic heterocycles. The maximum Gasteiger partial charge on any atom is 0.195 e. The van der Waals surface area contributed by atoms with Crippen LogP contribution < -0.4 is 25.0 Å². The van der Waals surface area contributed by atoms with Gasteiger partial charge in [-0.05, 0) is 25.1 Å². The molecular weight excluding hydrogens is 497 g/mol. The lowest BCUT2D eigenvalue weighted by Gasteiger charge is -2.29. The maximum absolute atomic E-state index is 5.57. The van der Waals surface area contributed by atoms with E-state index in [2.05, 4.69) is 31.6 Å². The van der Waals surface area contributed by atoms with Crippen LogP contribution >= 0.6 is 24.0 Å². The molecule has 3 rings (SSSR count). The van der Waals surface area contributed by atoms with Crippen LogP contribution in [0.2, 0.25) is 0 Å². The first-order valence-corrected chi connectivity index (χ1v) is 9.80. The number of hydrogen-bond acceptors (Lipinski definition) is 6. The number of nitrogens with one attached hydrogen (secondary N) is 2. The molecule has 2 aromatic rings. The van der Waals surface area contributed by atoms with E-state index in [0.717, 1.165) is 43.4 Å². The van der Waals surface area contributed by atoms with Crippen LogP contribution in [0.25, 0.3) is 0 Å². The summed E-state index contributed by atoms with van der Waals surface area (Å²) in [6.45, 7) is 6.29. The highest BCUT2D eigenvalue weighted by molar-refractivity contribution is 14.0. The van der Waals surface area contributed by atoms with Crippen molar-refractivity contribution in [2.24, 2.45) is 4.99 Å². The van der Waals surface area contributed by atoms with E-state index in [9.17, 15) is 0 Å². The van der Waals surface area contributed by atoms with E-state index in [0.29, 0.717) is 30.6 Å². The number of ether oxygens (including phenoxy) is 3. The number of halogens is 1. The molecule has 0 bridgehead atoms. The summed E-state index contributed by atoms with van der Waals surface area (Å²) in [6.07, 6.45) is 1.83. The minimum absolute atomic E-state index is 0. The average Bonchev–Trinajstić information content (AvgIpc) is 2.78. The van der Waals surface area contributed by atoms with Crippen molar-refractivity contribution in [1.29, 1.82) is 0 Å². The van der Waals surface area contributed by atoms with Crippen molar-refractivity contribution in [1.82, 2.24) is 10.3 Å². The Bertz CT molecular complexity index is 828. The molecule has 0 aliphatic carbocycles. The molecule has 1 aromatic carbocycles. The van der Waals surface area contributed by atoms with Gasteiger partial charge in [0, 0.05) is 50.2 Å². The zero-order chi connectivity index (χ0) is 20.5. The van der Waals surface area contributed by atoms with E-state index >= 15 is 0 Å². The topological polar surface area (TPSA) is 80.2 Å². The third kappa shape index (κ3) is 6.36. The molecule has 30 heavy (non-hydrogen) atoms. The fraction of sp³-hybridized carbons (Fsp3) is 0.429. The van der Waals surface area contributed by atoms with Gasteiger partial charge in [-0.15, -0.1) is 24.0 Å². The molecule has 0 amide bonds. The van der Waals surface area contributed by atoms with Gasteiger partial charge in [0.2, 0.25) is 0 Å². The van der Waals surface area contributed by atoms with Crippen LogP contribution in [0, 0.1) is 0 Å². The second-order valence-electron chi connectivity index (χ2n) is 6.43. The third-order valence-electron chi connectivity index (χ3n) is 4.57. The molecule has 2 heterocycles. The molecule has 0 saturated carbocycles. The van der Waals surface area contributed by atoms with Gasteiger partial charge in [0.15, 0.2) is 17.5 Å². The summed E-state index contributed by atoms with van der Waals surface area (Å²) in [5.41, 5.74) is 1.97. The Labute approximate surface area is 195 Å². The third-order valence-corrected chi connectivity index (χ3v) is 4.57. The normalized spacial score (nSPS) is 14.0. The standard InChI is InChI=1S/C21H29N5O3.HI/c1-4-29-18-8-7-17(14-19(18)27-3)25-21(22-2)24-15-16-6-5-9-23-20(16)26-10-12-28-13-11-26;/h5-9,14H,4,10-13,15H2,1-3H3,(H2,22,24,25);1H. The van der Waals surface area contributed by atoms with Gasteiger partial charge < -0.3 is 29.7 Å². The predicted octanol–water partition coefficient (Wildman–Crippen LogP) is 3.13. The number of aliphatic imine (C=N–C) groups is 1. The highest BCUT2D eigenvalue weighted by Gasteiger charge is 2.16. The van der Waals surface area contributed by atoms with E-state index in [1.807, 2.05) is 37.4 Å². The molecule has 1 saturated heterocycles. The number of guanidine groups is 1. The number of morpholine rings is 1. The van der Waals surface area contributed by atoms with Crippen molar-refractivity contribution in [3.63, 3.8) is 0 Å². The number of nitrogens with zero attached hydrogens (tertiary/aromatic N) is 3. The van der Waals surface area contributed by atoms with Gasteiger partial charge >= 0.3 is 0 Å². The van der Waals surface area contributed by atoms with Crippen LogP contribution in [0.15, 0.2) is 41.5 Å². The monoisotopic (exact) mass is 527 g/mol. The van der Waals surface area contributed by atoms with Crippen molar-refractivity contribution in [3.8, 4) is 11.5 Å². The molecule has 0 unspecified atom stereocenters. The van der Waals surface area contributed by atoms with Crippen LogP contribution in [0.5, 0.6) is 11.5 Å². The number of anilines is 2.